The highest BCUT2D eigenvalue weighted by atomic mass is 19.1. The van der Waals surface area contributed by atoms with E-state index in [4.69, 9.17) is 8.83 Å². The molecule has 2 atom stereocenters. The van der Waals surface area contributed by atoms with Gasteiger partial charge < -0.3 is 8.83 Å². The van der Waals surface area contributed by atoms with Crippen LogP contribution in [0.4, 0.5) is 8.78 Å². The molecule has 12 rings (SSSR count). The first kappa shape index (κ1) is 37.0. The third-order valence-corrected chi connectivity index (χ3v) is 13.8. The average Bonchev–Trinajstić information content (AvgIpc) is 3.78. The van der Waals surface area contributed by atoms with E-state index < -0.39 is 0 Å². The Balaban J connectivity index is 1.20. The molecule has 0 saturated heterocycles. The number of halogens is 2. The molecule has 0 radical (unpaired) electrons. The van der Waals surface area contributed by atoms with Gasteiger partial charge in [0.05, 0.1) is 0 Å². The molecule has 302 valence electrons. The van der Waals surface area contributed by atoms with Crippen molar-refractivity contribution in [2.45, 2.75) is 66.2 Å². The van der Waals surface area contributed by atoms with Gasteiger partial charge in [0.25, 0.3) is 0 Å². The maximum absolute atomic E-state index is 14.9. The van der Waals surface area contributed by atoms with E-state index in [-0.39, 0.29) is 23.5 Å². The van der Waals surface area contributed by atoms with Gasteiger partial charge in [0.1, 0.15) is 34.1 Å². The zero-order valence-corrected chi connectivity index (χ0v) is 35.7. The van der Waals surface area contributed by atoms with Crippen LogP contribution in [-0.2, 0) is 6.42 Å². The van der Waals surface area contributed by atoms with Crippen molar-refractivity contribution in [1.82, 2.24) is 0 Å². The summed E-state index contributed by atoms with van der Waals surface area (Å²) in [4.78, 5) is 0. The predicted molar refractivity (Wildman–Crippen MR) is 254 cm³/mol. The molecule has 2 aliphatic carbocycles. The maximum Gasteiger partial charge on any atom is 0.143 e. The maximum atomic E-state index is 14.9. The Hall–Kier alpha value is -6.78. The highest BCUT2D eigenvalue weighted by molar-refractivity contribution is 6.38. The van der Waals surface area contributed by atoms with Gasteiger partial charge in [-0.1, -0.05) is 89.0 Å². The third kappa shape index (κ3) is 5.58. The SMILES string of the molecule is CC1=CC(c2ccc3c(c2)oc2c3cc3cc(-c4ccc(F)cc4C)c4c5oc6c(c5cc5cc(-c7ccc(F)cc7C)c2c3c54)C=CC(c2cc(C)cc(C)c2)C6)CC(C)=C1. The summed E-state index contributed by atoms with van der Waals surface area (Å²) in [7, 11) is 0. The minimum atomic E-state index is -0.265. The highest BCUT2D eigenvalue weighted by Gasteiger charge is 2.29. The third-order valence-electron chi connectivity index (χ3n) is 13.8. The molecule has 2 nitrogen and oxygen atoms in total. The van der Waals surface area contributed by atoms with Crippen LogP contribution in [0.1, 0.15) is 76.8 Å². The lowest BCUT2D eigenvalue weighted by atomic mass is 9.82. The number of benzene rings is 8. The van der Waals surface area contributed by atoms with Gasteiger partial charge in [-0.25, -0.2) is 8.78 Å². The number of fused-ring (bicyclic) bond motifs is 8. The van der Waals surface area contributed by atoms with Gasteiger partial charge in [0.15, 0.2) is 0 Å². The molecule has 2 aliphatic rings. The number of allylic oxidation sites excluding steroid dienone is 5. The topological polar surface area (TPSA) is 26.3 Å². The summed E-state index contributed by atoms with van der Waals surface area (Å²) in [5.74, 6) is 0.886. The summed E-state index contributed by atoms with van der Waals surface area (Å²) in [6.45, 7) is 12.6. The Labute approximate surface area is 358 Å². The van der Waals surface area contributed by atoms with E-state index in [0.717, 1.165) is 123 Å². The fourth-order valence-corrected chi connectivity index (χ4v) is 11.2. The van der Waals surface area contributed by atoms with Crippen molar-refractivity contribution in [2.24, 2.45) is 0 Å². The molecule has 0 fully saturated rings. The molecule has 2 unspecified atom stereocenters. The Morgan fingerprint density at radius 1 is 0.516 bits per heavy atom. The molecule has 10 aromatic rings. The molecule has 2 aromatic heterocycles. The van der Waals surface area contributed by atoms with Gasteiger partial charge in [0, 0.05) is 61.5 Å². The summed E-state index contributed by atoms with van der Waals surface area (Å²) in [5.41, 5.74) is 16.8. The van der Waals surface area contributed by atoms with Crippen molar-refractivity contribution in [3.63, 3.8) is 0 Å². The minimum Gasteiger partial charge on any atom is -0.460 e. The lowest BCUT2D eigenvalue weighted by molar-refractivity contribution is 0.535. The van der Waals surface area contributed by atoms with E-state index in [1.807, 2.05) is 26.0 Å². The zero-order valence-electron chi connectivity index (χ0n) is 35.7. The Bertz CT molecular complexity index is 3660. The van der Waals surface area contributed by atoms with Gasteiger partial charge >= 0.3 is 0 Å². The molecule has 0 saturated carbocycles. The molecule has 2 heterocycles. The molecule has 4 heteroatoms. The normalized spacial score (nSPS) is 16.7. The quantitative estimate of drug-likeness (QED) is 0.166. The second-order valence-corrected chi connectivity index (χ2v) is 18.3. The summed E-state index contributed by atoms with van der Waals surface area (Å²) >= 11 is 0. The van der Waals surface area contributed by atoms with Crippen molar-refractivity contribution < 1.29 is 17.6 Å². The molecular formula is C58H44F2O2. The molecule has 62 heavy (non-hydrogen) atoms. The lowest BCUT2D eigenvalue weighted by Crippen LogP contribution is -2.04. The Kier molecular flexibility index (Phi) is 7.98. The van der Waals surface area contributed by atoms with E-state index in [9.17, 15) is 8.78 Å². The molecule has 0 spiro atoms. The number of rotatable bonds is 4. The number of hydrogen-bond acceptors (Lipinski definition) is 2. The highest BCUT2D eigenvalue weighted by Crippen LogP contribution is 2.52. The van der Waals surface area contributed by atoms with Crippen LogP contribution in [0.5, 0.6) is 0 Å². The van der Waals surface area contributed by atoms with Crippen LogP contribution in [-0.4, -0.2) is 0 Å². The second-order valence-electron chi connectivity index (χ2n) is 18.3. The Morgan fingerprint density at radius 2 is 1.15 bits per heavy atom. The van der Waals surface area contributed by atoms with E-state index in [1.165, 1.54) is 33.4 Å². The van der Waals surface area contributed by atoms with Crippen molar-refractivity contribution in [3.05, 3.63) is 183 Å². The second kappa shape index (κ2) is 13.4. The van der Waals surface area contributed by atoms with Crippen LogP contribution >= 0.6 is 0 Å². The standard InChI is InChI=1S/C58H44F2O2/c1-29-15-30(2)18-37(17-29)35-7-11-45-49-25-39-23-48(44-14-10-42(60)22-34(44)6)56-54-40(24-47(43-13-9-41(59)21-33(43)5)55(53(39)54)57(49)61-51(45)27-35)26-50-46-12-8-36(28-52(46)62-58(50)56)38-19-31(3)16-32(4)20-38/h7-19,21-26,28,35,38H,20,27H2,1-6H3. The molecule has 0 bridgehead atoms. The molecule has 0 amide bonds. The fraction of sp³-hybridized carbons (Fsp3) is 0.172. The lowest BCUT2D eigenvalue weighted by Gasteiger charge is -2.20. The van der Waals surface area contributed by atoms with Gasteiger partial charge in [-0.15, -0.1) is 0 Å². The van der Waals surface area contributed by atoms with Gasteiger partial charge in [-0.05, 0) is 158 Å². The summed E-state index contributed by atoms with van der Waals surface area (Å²) in [6.07, 6.45) is 10.9. The molecular weight excluding hydrogens is 767 g/mol. The monoisotopic (exact) mass is 810 g/mol. The van der Waals surface area contributed by atoms with E-state index in [0.29, 0.717) is 0 Å². The average molecular weight is 811 g/mol. The number of aryl methyl sites for hydroxylation is 4. The van der Waals surface area contributed by atoms with Crippen LogP contribution in [0.2, 0.25) is 0 Å². The van der Waals surface area contributed by atoms with Crippen LogP contribution in [0.25, 0.3) is 93.6 Å². The van der Waals surface area contributed by atoms with Crippen LogP contribution in [0, 0.1) is 39.3 Å². The number of furan rings is 2. The van der Waals surface area contributed by atoms with Crippen molar-refractivity contribution in [2.75, 3.05) is 0 Å². The van der Waals surface area contributed by atoms with Crippen LogP contribution in [0.3, 0.4) is 0 Å². The zero-order chi connectivity index (χ0) is 42.3. The van der Waals surface area contributed by atoms with Gasteiger partial charge in [-0.2, -0.15) is 0 Å². The first-order chi connectivity index (χ1) is 29.9. The van der Waals surface area contributed by atoms with Crippen molar-refractivity contribution in [1.29, 1.82) is 0 Å². The summed E-state index contributed by atoms with van der Waals surface area (Å²) in [5, 5.41) is 9.34. The largest absolute Gasteiger partial charge is 0.460 e. The fourth-order valence-electron chi connectivity index (χ4n) is 11.2. The molecule has 8 aromatic carbocycles. The van der Waals surface area contributed by atoms with E-state index >= 15 is 0 Å². The summed E-state index contributed by atoms with van der Waals surface area (Å²) < 4.78 is 44.0. The van der Waals surface area contributed by atoms with Crippen LogP contribution < -0.4 is 0 Å². The smallest absolute Gasteiger partial charge is 0.143 e. The van der Waals surface area contributed by atoms with Gasteiger partial charge in [-0.3, -0.25) is 0 Å². The molecule has 0 N–H and O–H groups in total. The minimum absolute atomic E-state index is 0.183. The summed E-state index contributed by atoms with van der Waals surface area (Å²) in [6, 6.07) is 32.7. The molecule has 0 aliphatic heterocycles. The predicted octanol–water partition coefficient (Wildman–Crippen LogP) is 16.8. The van der Waals surface area contributed by atoms with Gasteiger partial charge in [0.2, 0.25) is 0 Å². The Morgan fingerprint density at radius 3 is 1.77 bits per heavy atom. The first-order valence-corrected chi connectivity index (χ1v) is 21.7. The first-order valence-electron chi connectivity index (χ1n) is 21.7. The van der Waals surface area contributed by atoms with E-state index in [2.05, 4.69) is 113 Å². The van der Waals surface area contributed by atoms with E-state index in [1.54, 1.807) is 24.3 Å². The van der Waals surface area contributed by atoms with Crippen molar-refractivity contribution in [3.8, 4) is 22.3 Å². The number of hydrogen-bond donors (Lipinski definition) is 0. The van der Waals surface area contributed by atoms with Crippen LogP contribution in [0.15, 0.2) is 135 Å². The van der Waals surface area contributed by atoms with Crippen molar-refractivity contribution >= 4 is 71.3 Å².